The number of hydrogen-bond donors (Lipinski definition) is 1. The van der Waals surface area contributed by atoms with Crippen LogP contribution >= 0.6 is 0 Å². The third-order valence-corrected chi connectivity index (χ3v) is 3.97. The van der Waals surface area contributed by atoms with Crippen LogP contribution in [0.4, 0.5) is 4.39 Å². The molecule has 6 heteroatoms. The van der Waals surface area contributed by atoms with E-state index in [1.54, 1.807) is 6.92 Å². The number of carbonyl (C=O) groups excluding carboxylic acids is 3. The van der Waals surface area contributed by atoms with Gasteiger partial charge in [-0.15, -0.1) is 0 Å². The Labute approximate surface area is 114 Å². The van der Waals surface area contributed by atoms with Gasteiger partial charge >= 0.3 is 0 Å². The molecule has 3 amide bonds. The van der Waals surface area contributed by atoms with E-state index in [-0.39, 0.29) is 17.0 Å². The Morgan fingerprint density at radius 3 is 2.65 bits per heavy atom. The summed E-state index contributed by atoms with van der Waals surface area (Å²) in [5.74, 6) is -2.45. The molecule has 1 fully saturated rings. The quantitative estimate of drug-likeness (QED) is 0.781. The summed E-state index contributed by atoms with van der Waals surface area (Å²) in [7, 11) is 0. The van der Waals surface area contributed by atoms with Crippen molar-refractivity contribution >= 4 is 17.7 Å². The molecule has 1 aromatic rings. The fraction of sp³-hybridized carbons (Fsp3) is 0.357. The van der Waals surface area contributed by atoms with Gasteiger partial charge in [-0.1, -0.05) is 6.07 Å². The highest BCUT2D eigenvalue weighted by molar-refractivity contribution is 6.23. The predicted molar refractivity (Wildman–Crippen MR) is 67.5 cm³/mol. The lowest BCUT2D eigenvalue weighted by Crippen LogP contribution is -2.61. The summed E-state index contributed by atoms with van der Waals surface area (Å²) in [5, 5.41) is 2.65. The number of piperidine rings is 1. The van der Waals surface area contributed by atoms with Crippen LogP contribution < -0.4 is 5.32 Å². The van der Waals surface area contributed by atoms with E-state index in [2.05, 4.69) is 5.32 Å². The van der Waals surface area contributed by atoms with Gasteiger partial charge in [0.25, 0.3) is 11.8 Å². The van der Waals surface area contributed by atoms with Crippen molar-refractivity contribution in [2.45, 2.75) is 25.3 Å². The Balaban J connectivity index is 2.10. The Morgan fingerprint density at radius 2 is 2.00 bits per heavy atom. The summed E-state index contributed by atoms with van der Waals surface area (Å²) < 4.78 is 13.8. The first-order valence-electron chi connectivity index (χ1n) is 6.42. The number of amides is 3. The molecule has 0 aliphatic carbocycles. The van der Waals surface area contributed by atoms with Crippen LogP contribution in [0.25, 0.3) is 0 Å². The van der Waals surface area contributed by atoms with Crippen LogP contribution in [0.2, 0.25) is 0 Å². The number of benzene rings is 1. The van der Waals surface area contributed by atoms with Crippen LogP contribution in [0.5, 0.6) is 0 Å². The molecule has 1 atom stereocenters. The largest absolute Gasteiger partial charge is 0.354 e. The van der Waals surface area contributed by atoms with Crippen molar-refractivity contribution in [2.24, 2.45) is 0 Å². The van der Waals surface area contributed by atoms with Gasteiger partial charge in [0.1, 0.15) is 11.4 Å². The third-order valence-electron chi connectivity index (χ3n) is 3.97. The van der Waals surface area contributed by atoms with Gasteiger partial charge in [0.15, 0.2) is 0 Å². The van der Waals surface area contributed by atoms with Crippen LogP contribution in [-0.2, 0) is 4.79 Å². The second kappa shape index (κ2) is 4.13. The van der Waals surface area contributed by atoms with Gasteiger partial charge in [0, 0.05) is 6.54 Å². The fourth-order valence-electron chi connectivity index (χ4n) is 2.84. The minimum absolute atomic E-state index is 0.0228. The Bertz CT molecular complexity index is 643. The van der Waals surface area contributed by atoms with E-state index >= 15 is 0 Å². The molecule has 0 aromatic heterocycles. The molecule has 0 saturated carbocycles. The molecule has 1 N–H and O–H groups in total. The number of imide groups is 1. The molecule has 1 aromatic carbocycles. The molecule has 0 bridgehead atoms. The van der Waals surface area contributed by atoms with E-state index in [9.17, 15) is 18.8 Å². The average molecular weight is 276 g/mol. The molecule has 0 radical (unpaired) electrons. The Morgan fingerprint density at radius 1 is 1.25 bits per heavy atom. The normalized spacial score (nSPS) is 25.7. The highest BCUT2D eigenvalue weighted by Crippen LogP contribution is 2.34. The van der Waals surface area contributed by atoms with Crippen molar-refractivity contribution < 1.29 is 18.8 Å². The Kier molecular flexibility index (Phi) is 2.64. The van der Waals surface area contributed by atoms with E-state index in [0.29, 0.717) is 19.4 Å². The first-order chi connectivity index (χ1) is 9.47. The van der Waals surface area contributed by atoms with Gasteiger partial charge in [-0.25, -0.2) is 4.39 Å². The molecular formula is C14H13FN2O3. The molecule has 0 spiro atoms. The number of halogens is 1. The Hall–Kier alpha value is -2.24. The van der Waals surface area contributed by atoms with Crippen molar-refractivity contribution in [1.29, 1.82) is 0 Å². The fourth-order valence-corrected chi connectivity index (χ4v) is 2.84. The summed E-state index contributed by atoms with van der Waals surface area (Å²) in [6.45, 7) is 2.06. The number of nitrogens with one attached hydrogen (secondary N) is 1. The van der Waals surface area contributed by atoms with E-state index < -0.39 is 23.2 Å². The van der Waals surface area contributed by atoms with Crippen LogP contribution in [0.15, 0.2) is 18.2 Å². The number of hydrogen-bond acceptors (Lipinski definition) is 3. The maximum atomic E-state index is 13.8. The van der Waals surface area contributed by atoms with Crippen molar-refractivity contribution in [2.75, 3.05) is 6.54 Å². The van der Waals surface area contributed by atoms with Crippen molar-refractivity contribution in [3.05, 3.63) is 35.1 Å². The molecule has 0 unspecified atom stereocenters. The minimum atomic E-state index is -1.25. The second-order valence-corrected chi connectivity index (χ2v) is 5.24. The van der Waals surface area contributed by atoms with E-state index in [4.69, 9.17) is 0 Å². The van der Waals surface area contributed by atoms with E-state index in [0.717, 1.165) is 11.0 Å². The summed E-state index contributed by atoms with van der Waals surface area (Å²) in [4.78, 5) is 37.7. The number of nitrogens with zero attached hydrogens (tertiary/aromatic N) is 1. The molecule has 2 heterocycles. The van der Waals surface area contributed by atoms with E-state index in [1.807, 2.05) is 0 Å². The van der Waals surface area contributed by atoms with Gasteiger partial charge in [0.2, 0.25) is 5.91 Å². The monoisotopic (exact) mass is 276 g/mol. The number of fused-ring (bicyclic) bond motifs is 1. The van der Waals surface area contributed by atoms with Crippen molar-refractivity contribution in [3.63, 3.8) is 0 Å². The maximum Gasteiger partial charge on any atom is 0.265 e. The third kappa shape index (κ3) is 1.51. The number of rotatable bonds is 1. The first-order valence-corrected chi connectivity index (χ1v) is 6.42. The molecule has 3 rings (SSSR count). The molecule has 104 valence electrons. The van der Waals surface area contributed by atoms with Crippen molar-refractivity contribution in [1.82, 2.24) is 10.2 Å². The molecular weight excluding hydrogens is 263 g/mol. The summed E-state index contributed by atoms with van der Waals surface area (Å²) in [6.07, 6.45) is 1.05. The van der Waals surface area contributed by atoms with Crippen LogP contribution in [0.3, 0.4) is 0 Å². The second-order valence-electron chi connectivity index (χ2n) is 5.24. The molecule has 5 nitrogen and oxygen atoms in total. The molecule has 2 aliphatic heterocycles. The predicted octanol–water partition coefficient (Wildman–Crippen LogP) is 1.09. The van der Waals surface area contributed by atoms with Gasteiger partial charge < -0.3 is 5.32 Å². The van der Waals surface area contributed by atoms with E-state index in [1.165, 1.54) is 12.1 Å². The zero-order valence-corrected chi connectivity index (χ0v) is 10.9. The smallest absolute Gasteiger partial charge is 0.265 e. The zero-order valence-electron chi connectivity index (χ0n) is 10.9. The van der Waals surface area contributed by atoms with Gasteiger partial charge in [0.05, 0.1) is 11.1 Å². The zero-order chi connectivity index (χ0) is 14.5. The minimum Gasteiger partial charge on any atom is -0.354 e. The topological polar surface area (TPSA) is 66.5 Å². The highest BCUT2D eigenvalue weighted by atomic mass is 19.1. The number of carbonyl (C=O) groups is 3. The first kappa shape index (κ1) is 12.8. The SMILES string of the molecule is C[C@@]1(N2C(=O)c3cccc(F)c3C2=O)CCCNC1=O. The molecule has 1 saturated heterocycles. The van der Waals surface area contributed by atoms with Gasteiger partial charge in [-0.05, 0) is 31.9 Å². The summed E-state index contributed by atoms with van der Waals surface area (Å²) in [6, 6.07) is 3.92. The lowest BCUT2D eigenvalue weighted by atomic mass is 9.89. The maximum absolute atomic E-state index is 13.8. The van der Waals surface area contributed by atoms with Gasteiger partial charge in [-0.2, -0.15) is 0 Å². The average Bonchev–Trinajstić information content (AvgIpc) is 2.67. The van der Waals surface area contributed by atoms with Crippen molar-refractivity contribution in [3.8, 4) is 0 Å². The summed E-state index contributed by atoms with van der Waals surface area (Å²) in [5.41, 5.74) is -1.47. The van der Waals surface area contributed by atoms with Crippen LogP contribution in [-0.4, -0.2) is 34.7 Å². The molecule has 20 heavy (non-hydrogen) atoms. The van der Waals surface area contributed by atoms with Crippen LogP contribution in [0, 0.1) is 5.82 Å². The highest BCUT2D eigenvalue weighted by Gasteiger charge is 2.52. The lowest BCUT2D eigenvalue weighted by molar-refractivity contribution is -0.132. The van der Waals surface area contributed by atoms with Gasteiger partial charge in [-0.3, -0.25) is 19.3 Å². The van der Waals surface area contributed by atoms with Crippen LogP contribution in [0.1, 0.15) is 40.5 Å². The molecule has 2 aliphatic rings. The standard InChI is InChI=1S/C14H13FN2O3/c1-14(6-3-7-16-13(14)20)17-11(18)8-4-2-5-9(15)10(8)12(17)19/h2,4-5H,3,6-7H2,1H3,(H,16,20)/t14-/m1/s1. The summed E-state index contributed by atoms with van der Waals surface area (Å²) >= 11 is 0. The lowest BCUT2D eigenvalue weighted by Gasteiger charge is -2.38.